The van der Waals surface area contributed by atoms with Crippen molar-refractivity contribution in [3.8, 4) is 0 Å². The highest BCUT2D eigenvalue weighted by atomic mass is 15.2. The molecule has 0 saturated carbocycles. The highest BCUT2D eigenvalue weighted by Crippen LogP contribution is 2.25. The number of nitrogens with zero attached hydrogens (tertiary/aromatic N) is 1. The summed E-state index contributed by atoms with van der Waals surface area (Å²) in [5, 5.41) is 3.39. The first-order valence-corrected chi connectivity index (χ1v) is 6.37. The second-order valence-electron chi connectivity index (χ2n) is 4.83. The van der Waals surface area contributed by atoms with E-state index in [1.807, 2.05) is 0 Å². The Balaban J connectivity index is 2.24. The Bertz CT molecular complexity index is 392. The minimum Gasteiger partial charge on any atom is -0.314 e. The van der Waals surface area contributed by atoms with Crippen molar-refractivity contribution >= 4 is 0 Å². The van der Waals surface area contributed by atoms with Crippen molar-refractivity contribution in [2.45, 2.75) is 19.9 Å². The van der Waals surface area contributed by atoms with Crippen LogP contribution in [0.4, 0.5) is 0 Å². The predicted octanol–water partition coefficient (Wildman–Crippen LogP) is 2.44. The van der Waals surface area contributed by atoms with Gasteiger partial charge in [0.25, 0.3) is 0 Å². The molecule has 0 radical (unpaired) electrons. The summed E-state index contributed by atoms with van der Waals surface area (Å²) in [7, 11) is 0. The fraction of sp³-hybridized carbons (Fsp3) is 0.467. The average Bonchev–Trinajstić information content (AvgIpc) is 2.34. The lowest BCUT2D eigenvalue weighted by atomic mass is 9.97. The summed E-state index contributed by atoms with van der Waals surface area (Å²) in [6.07, 6.45) is 2.07. The summed E-state index contributed by atoms with van der Waals surface area (Å²) in [4.78, 5) is 2.50. The number of benzene rings is 1. The fourth-order valence-corrected chi connectivity index (χ4v) is 2.59. The molecule has 0 aliphatic carbocycles. The van der Waals surface area contributed by atoms with Gasteiger partial charge in [0.15, 0.2) is 0 Å². The molecule has 0 spiro atoms. The molecule has 0 aromatic heterocycles. The molecular weight excluding hydrogens is 208 g/mol. The third-order valence-corrected chi connectivity index (χ3v) is 3.51. The lowest BCUT2D eigenvalue weighted by molar-refractivity contribution is 0.203. The first-order chi connectivity index (χ1) is 8.22. The number of hydrogen-bond donors (Lipinski definition) is 1. The van der Waals surface area contributed by atoms with Crippen LogP contribution in [-0.2, 0) is 0 Å². The second-order valence-corrected chi connectivity index (χ2v) is 4.83. The molecule has 0 bridgehead atoms. The van der Waals surface area contributed by atoms with Crippen LogP contribution < -0.4 is 5.32 Å². The maximum absolute atomic E-state index is 4.01. The fourth-order valence-electron chi connectivity index (χ4n) is 2.59. The van der Waals surface area contributed by atoms with Gasteiger partial charge < -0.3 is 5.32 Å². The van der Waals surface area contributed by atoms with E-state index in [4.69, 9.17) is 0 Å². The van der Waals surface area contributed by atoms with Crippen molar-refractivity contribution < 1.29 is 0 Å². The molecule has 1 atom stereocenters. The summed E-state index contributed by atoms with van der Waals surface area (Å²) in [6, 6.07) is 7.06. The summed E-state index contributed by atoms with van der Waals surface area (Å²) in [6.45, 7) is 12.7. The van der Waals surface area contributed by atoms with E-state index in [1.54, 1.807) is 0 Å². The van der Waals surface area contributed by atoms with Crippen LogP contribution in [0.1, 0.15) is 22.7 Å². The number of hydrogen-bond acceptors (Lipinski definition) is 2. The van der Waals surface area contributed by atoms with Gasteiger partial charge in [-0.25, -0.2) is 0 Å². The molecule has 0 unspecified atom stereocenters. The largest absolute Gasteiger partial charge is 0.314 e. The quantitative estimate of drug-likeness (QED) is 0.802. The van der Waals surface area contributed by atoms with Crippen LogP contribution in [-0.4, -0.2) is 31.1 Å². The zero-order valence-corrected chi connectivity index (χ0v) is 10.9. The summed E-state index contributed by atoms with van der Waals surface area (Å²) >= 11 is 0. The van der Waals surface area contributed by atoms with Crippen molar-refractivity contribution in [3.63, 3.8) is 0 Å². The van der Waals surface area contributed by atoms with E-state index in [0.717, 1.165) is 26.2 Å². The number of aryl methyl sites for hydroxylation is 2. The van der Waals surface area contributed by atoms with Crippen molar-refractivity contribution in [2.75, 3.05) is 26.2 Å². The van der Waals surface area contributed by atoms with Crippen LogP contribution in [0.2, 0.25) is 0 Å². The van der Waals surface area contributed by atoms with Crippen LogP contribution in [0.3, 0.4) is 0 Å². The molecular formula is C15H22N2. The lowest BCUT2D eigenvalue weighted by Gasteiger charge is -2.34. The first-order valence-electron chi connectivity index (χ1n) is 6.37. The third-order valence-electron chi connectivity index (χ3n) is 3.51. The molecule has 0 amide bonds. The minimum absolute atomic E-state index is 0.359. The maximum atomic E-state index is 4.01. The third kappa shape index (κ3) is 2.76. The second kappa shape index (κ2) is 5.48. The Labute approximate surface area is 104 Å². The highest BCUT2D eigenvalue weighted by molar-refractivity contribution is 5.34. The van der Waals surface area contributed by atoms with E-state index in [-0.39, 0.29) is 0 Å². The average molecular weight is 230 g/mol. The van der Waals surface area contributed by atoms with Gasteiger partial charge in [-0.1, -0.05) is 29.8 Å². The predicted molar refractivity (Wildman–Crippen MR) is 73.3 cm³/mol. The SMILES string of the molecule is C=C[C@H](c1ccc(C)cc1C)N1CCNCC1. The van der Waals surface area contributed by atoms with Gasteiger partial charge in [-0.15, -0.1) is 6.58 Å². The van der Waals surface area contributed by atoms with Gasteiger partial charge in [0.05, 0.1) is 6.04 Å². The van der Waals surface area contributed by atoms with Crippen molar-refractivity contribution in [3.05, 3.63) is 47.5 Å². The summed E-state index contributed by atoms with van der Waals surface area (Å²) in [5.74, 6) is 0. The van der Waals surface area contributed by atoms with E-state index in [0.29, 0.717) is 6.04 Å². The molecule has 92 valence electrons. The Hall–Kier alpha value is -1.12. The zero-order valence-electron chi connectivity index (χ0n) is 10.9. The number of rotatable bonds is 3. The van der Waals surface area contributed by atoms with Gasteiger partial charge in [-0.2, -0.15) is 0 Å². The Kier molecular flexibility index (Phi) is 3.97. The number of nitrogens with one attached hydrogen (secondary N) is 1. The molecule has 1 aliphatic heterocycles. The molecule has 1 heterocycles. The molecule has 1 N–H and O–H groups in total. The van der Waals surface area contributed by atoms with E-state index in [2.05, 4.69) is 54.9 Å². The lowest BCUT2D eigenvalue weighted by Crippen LogP contribution is -2.44. The minimum atomic E-state index is 0.359. The van der Waals surface area contributed by atoms with E-state index < -0.39 is 0 Å². The monoisotopic (exact) mass is 230 g/mol. The maximum Gasteiger partial charge on any atom is 0.0532 e. The Morgan fingerprint density at radius 2 is 2.00 bits per heavy atom. The van der Waals surface area contributed by atoms with Gasteiger partial charge in [-0.3, -0.25) is 4.90 Å². The molecule has 1 aliphatic rings. The van der Waals surface area contributed by atoms with Crippen molar-refractivity contribution in [1.82, 2.24) is 10.2 Å². The van der Waals surface area contributed by atoms with E-state index >= 15 is 0 Å². The van der Waals surface area contributed by atoms with Gasteiger partial charge in [0.1, 0.15) is 0 Å². The molecule has 1 aromatic rings. The summed E-state index contributed by atoms with van der Waals surface area (Å²) < 4.78 is 0. The Morgan fingerprint density at radius 1 is 1.29 bits per heavy atom. The van der Waals surface area contributed by atoms with Crippen molar-refractivity contribution in [2.24, 2.45) is 0 Å². The molecule has 1 fully saturated rings. The molecule has 2 heteroatoms. The van der Waals surface area contributed by atoms with Crippen LogP contribution >= 0.6 is 0 Å². The zero-order chi connectivity index (χ0) is 12.3. The van der Waals surface area contributed by atoms with Crippen LogP contribution in [0.5, 0.6) is 0 Å². The summed E-state index contributed by atoms with van der Waals surface area (Å²) in [5.41, 5.74) is 4.09. The first kappa shape index (κ1) is 12.3. The van der Waals surface area contributed by atoms with Gasteiger partial charge in [-0.05, 0) is 25.0 Å². The Morgan fingerprint density at radius 3 is 2.59 bits per heavy atom. The molecule has 17 heavy (non-hydrogen) atoms. The van der Waals surface area contributed by atoms with Gasteiger partial charge in [0.2, 0.25) is 0 Å². The van der Waals surface area contributed by atoms with Crippen LogP contribution in [0, 0.1) is 13.8 Å². The molecule has 2 rings (SSSR count). The smallest absolute Gasteiger partial charge is 0.0532 e. The molecule has 1 aromatic carbocycles. The molecule has 1 saturated heterocycles. The van der Waals surface area contributed by atoms with E-state index in [9.17, 15) is 0 Å². The van der Waals surface area contributed by atoms with Crippen molar-refractivity contribution in [1.29, 1.82) is 0 Å². The standard InChI is InChI=1S/C15H22N2/c1-4-15(17-9-7-16-8-10-17)14-6-5-12(2)11-13(14)3/h4-6,11,15-16H,1,7-10H2,2-3H3/t15-/m1/s1. The highest BCUT2D eigenvalue weighted by Gasteiger charge is 2.20. The van der Waals surface area contributed by atoms with Crippen LogP contribution in [0.25, 0.3) is 0 Å². The van der Waals surface area contributed by atoms with E-state index in [1.165, 1.54) is 16.7 Å². The van der Waals surface area contributed by atoms with Crippen LogP contribution in [0.15, 0.2) is 30.9 Å². The number of piperazine rings is 1. The molecule has 2 nitrogen and oxygen atoms in total. The normalized spacial score (nSPS) is 18.9. The van der Waals surface area contributed by atoms with Gasteiger partial charge >= 0.3 is 0 Å². The topological polar surface area (TPSA) is 15.3 Å². The van der Waals surface area contributed by atoms with Gasteiger partial charge in [0, 0.05) is 26.2 Å².